The van der Waals surface area contributed by atoms with E-state index in [-0.39, 0.29) is 22.9 Å². The number of nitrogens with one attached hydrogen (secondary N) is 3. The van der Waals surface area contributed by atoms with Gasteiger partial charge in [-0.3, -0.25) is 4.72 Å². The third kappa shape index (κ3) is 4.89. The highest BCUT2D eigenvalue weighted by atomic mass is 35.5. The fourth-order valence-electron chi connectivity index (χ4n) is 3.40. The summed E-state index contributed by atoms with van der Waals surface area (Å²) in [5.41, 5.74) is 0.384. The van der Waals surface area contributed by atoms with Crippen LogP contribution in [0.2, 0.25) is 5.02 Å². The maximum Gasteiger partial charge on any atom is 0.266 e. The summed E-state index contributed by atoms with van der Waals surface area (Å²) >= 11 is 6.29. The third-order valence-electron chi connectivity index (χ3n) is 4.71. The Morgan fingerprint density at radius 3 is 2.68 bits per heavy atom. The van der Waals surface area contributed by atoms with E-state index in [1.54, 1.807) is 0 Å². The molecule has 1 saturated carbocycles. The normalized spacial score (nSPS) is 20.0. The number of likely N-dealkylation sites (N-methyl/N-ethyl adjacent to an activating group) is 1. The van der Waals surface area contributed by atoms with Gasteiger partial charge in [0.05, 0.1) is 10.7 Å². The van der Waals surface area contributed by atoms with Gasteiger partial charge in [0.2, 0.25) is 0 Å². The van der Waals surface area contributed by atoms with E-state index in [2.05, 4.69) is 25.3 Å². The first kappa shape index (κ1) is 20.8. The van der Waals surface area contributed by atoms with Crippen LogP contribution in [-0.2, 0) is 10.0 Å². The second-order valence-corrected chi connectivity index (χ2v) is 8.72. The summed E-state index contributed by atoms with van der Waals surface area (Å²) in [5, 5.41) is 6.86. The molecule has 0 bridgehead atoms. The summed E-state index contributed by atoms with van der Waals surface area (Å²) in [5.74, 6) is -0.840. The Balaban J connectivity index is 1.82. The third-order valence-corrected chi connectivity index (χ3v) is 6.39. The van der Waals surface area contributed by atoms with Crippen molar-refractivity contribution in [1.29, 1.82) is 0 Å². The van der Waals surface area contributed by atoms with Crippen LogP contribution in [0.15, 0.2) is 35.6 Å². The second-order valence-electron chi connectivity index (χ2n) is 6.66. The fraction of sp³-hybridized carbons (Fsp3) is 0.444. The van der Waals surface area contributed by atoms with Crippen molar-refractivity contribution in [2.75, 3.05) is 16.6 Å². The minimum Gasteiger partial charge on any atom is -0.379 e. The zero-order valence-corrected chi connectivity index (χ0v) is 17.0. The average Bonchev–Trinajstić information content (AvgIpc) is 2.66. The number of halogens is 2. The summed E-state index contributed by atoms with van der Waals surface area (Å²) in [6.45, 7) is 2.89. The molecule has 0 saturated heterocycles. The van der Waals surface area contributed by atoms with E-state index in [4.69, 9.17) is 11.6 Å². The van der Waals surface area contributed by atoms with E-state index < -0.39 is 20.7 Å². The Hall–Kier alpha value is -1.97. The van der Waals surface area contributed by atoms with Crippen molar-refractivity contribution in [3.05, 3.63) is 41.6 Å². The summed E-state index contributed by atoms with van der Waals surface area (Å²) in [6, 6.07) is 3.99. The first-order valence-electron chi connectivity index (χ1n) is 9.18. The molecule has 1 aliphatic rings. The minimum absolute atomic E-state index is 0.0448. The van der Waals surface area contributed by atoms with E-state index in [0.29, 0.717) is 5.69 Å². The molecule has 0 radical (unpaired) electrons. The summed E-state index contributed by atoms with van der Waals surface area (Å²) in [4.78, 5) is 6.96. The predicted octanol–water partition coefficient (Wildman–Crippen LogP) is 3.40. The molecule has 1 aromatic heterocycles. The van der Waals surface area contributed by atoms with Gasteiger partial charge in [-0.15, -0.1) is 0 Å². The number of benzene rings is 1. The quantitative estimate of drug-likeness (QED) is 0.626. The van der Waals surface area contributed by atoms with Gasteiger partial charge in [-0.25, -0.2) is 22.8 Å². The lowest BCUT2D eigenvalue weighted by Gasteiger charge is -2.33. The van der Waals surface area contributed by atoms with Crippen LogP contribution in [0.5, 0.6) is 0 Å². The lowest BCUT2D eigenvalue weighted by Crippen LogP contribution is -2.46. The Bertz CT molecular complexity index is 912. The first-order chi connectivity index (χ1) is 13.4. The number of anilines is 2. The van der Waals surface area contributed by atoms with E-state index in [0.717, 1.165) is 44.4 Å². The van der Waals surface area contributed by atoms with Crippen molar-refractivity contribution in [2.45, 2.75) is 49.6 Å². The molecular weight excluding hydrogens is 405 g/mol. The van der Waals surface area contributed by atoms with E-state index in [1.807, 2.05) is 6.92 Å². The van der Waals surface area contributed by atoms with Gasteiger partial charge >= 0.3 is 0 Å². The Labute approximate surface area is 169 Å². The minimum atomic E-state index is -4.18. The SMILES string of the molecule is CCN[C@H]1CCCC[C@@H]1Nc1cc(F)c(S(=O)(=O)Nc2ccncn2)cc1Cl. The van der Waals surface area contributed by atoms with Gasteiger partial charge in [0.1, 0.15) is 22.9 Å². The number of rotatable bonds is 7. The van der Waals surface area contributed by atoms with Crippen LogP contribution in [-0.4, -0.2) is 37.0 Å². The van der Waals surface area contributed by atoms with E-state index in [9.17, 15) is 12.8 Å². The highest BCUT2D eigenvalue weighted by Crippen LogP contribution is 2.31. The molecular formula is C18H23ClFN5O2S. The van der Waals surface area contributed by atoms with Gasteiger partial charge in [-0.1, -0.05) is 31.4 Å². The summed E-state index contributed by atoms with van der Waals surface area (Å²) in [7, 11) is -4.18. The molecule has 1 heterocycles. The van der Waals surface area contributed by atoms with E-state index >= 15 is 0 Å². The van der Waals surface area contributed by atoms with Gasteiger partial charge in [0.15, 0.2) is 0 Å². The van der Waals surface area contributed by atoms with Gasteiger partial charge < -0.3 is 10.6 Å². The van der Waals surface area contributed by atoms with Crippen LogP contribution in [0.4, 0.5) is 15.9 Å². The maximum absolute atomic E-state index is 14.7. The van der Waals surface area contributed by atoms with Crippen molar-refractivity contribution in [2.24, 2.45) is 0 Å². The predicted molar refractivity (Wildman–Crippen MR) is 108 cm³/mol. The number of hydrogen-bond donors (Lipinski definition) is 3. The van der Waals surface area contributed by atoms with Crippen LogP contribution in [0.25, 0.3) is 0 Å². The van der Waals surface area contributed by atoms with Crippen molar-refractivity contribution in [3.63, 3.8) is 0 Å². The molecule has 2 aromatic rings. The molecule has 1 aliphatic carbocycles. The van der Waals surface area contributed by atoms with E-state index in [1.165, 1.54) is 18.6 Å². The molecule has 152 valence electrons. The van der Waals surface area contributed by atoms with Crippen molar-refractivity contribution >= 4 is 33.1 Å². The van der Waals surface area contributed by atoms with Crippen LogP contribution < -0.4 is 15.4 Å². The Kier molecular flexibility index (Phi) is 6.69. The highest BCUT2D eigenvalue weighted by Gasteiger charge is 2.27. The average molecular weight is 428 g/mol. The maximum atomic E-state index is 14.7. The number of nitrogens with zero attached hydrogens (tertiary/aromatic N) is 2. The van der Waals surface area contributed by atoms with Crippen molar-refractivity contribution in [3.8, 4) is 0 Å². The van der Waals surface area contributed by atoms with Gasteiger partial charge in [-0.2, -0.15) is 0 Å². The van der Waals surface area contributed by atoms with Crippen LogP contribution in [0, 0.1) is 5.82 Å². The van der Waals surface area contributed by atoms with Gasteiger partial charge in [0, 0.05) is 18.3 Å². The molecule has 0 unspecified atom stereocenters. The topological polar surface area (TPSA) is 96.0 Å². The zero-order valence-electron chi connectivity index (χ0n) is 15.5. The molecule has 28 heavy (non-hydrogen) atoms. The summed E-state index contributed by atoms with van der Waals surface area (Å²) in [6.07, 6.45) is 6.76. The largest absolute Gasteiger partial charge is 0.379 e. The molecule has 3 rings (SSSR count). The molecule has 0 amide bonds. The monoisotopic (exact) mass is 427 g/mol. The number of aromatic nitrogens is 2. The lowest BCUT2D eigenvalue weighted by molar-refractivity contribution is 0.349. The Morgan fingerprint density at radius 2 is 2.00 bits per heavy atom. The molecule has 3 N–H and O–H groups in total. The molecule has 1 fully saturated rings. The smallest absolute Gasteiger partial charge is 0.266 e. The van der Waals surface area contributed by atoms with Crippen molar-refractivity contribution in [1.82, 2.24) is 15.3 Å². The standard InChI is InChI=1S/C18H23ClFN5O2S/c1-2-22-14-5-3-4-6-15(14)24-16-10-13(20)17(9-12(16)19)28(26,27)25-18-7-8-21-11-23-18/h7-11,14-15,22,24H,2-6H2,1H3,(H,21,23,25)/t14-,15-/m0/s1. The number of hydrogen-bond acceptors (Lipinski definition) is 6. The molecule has 0 spiro atoms. The van der Waals surface area contributed by atoms with Crippen molar-refractivity contribution < 1.29 is 12.8 Å². The molecule has 2 atom stereocenters. The fourth-order valence-corrected chi connectivity index (χ4v) is 4.78. The van der Waals surface area contributed by atoms with Crippen LogP contribution in [0.3, 0.4) is 0 Å². The molecule has 10 heteroatoms. The highest BCUT2D eigenvalue weighted by molar-refractivity contribution is 7.92. The Morgan fingerprint density at radius 1 is 1.25 bits per heavy atom. The molecule has 1 aromatic carbocycles. The lowest BCUT2D eigenvalue weighted by atomic mass is 9.90. The molecule has 7 nitrogen and oxygen atoms in total. The zero-order chi connectivity index (χ0) is 20.1. The first-order valence-corrected chi connectivity index (χ1v) is 11.0. The summed E-state index contributed by atoms with van der Waals surface area (Å²) < 4.78 is 41.9. The number of sulfonamides is 1. The van der Waals surface area contributed by atoms with Gasteiger partial charge in [-0.05, 0) is 37.6 Å². The molecule has 0 aliphatic heterocycles. The van der Waals surface area contributed by atoms with Crippen LogP contribution in [0.1, 0.15) is 32.6 Å². The van der Waals surface area contributed by atoms with Gasteiger partial charge in [0.25, 0.3) is 10.0 Å². The van der Waals surface area contributed by atoms with Crippen LogP contribution >= 0.6 is 11.6 Å². The second kappa shape index (κ2) is 9.02.